The van der Waals surface area contributed by atoms with Gasteiger partial charge in [0, 0.05) is 18.8 Å². The van der Waals surface area contributed by atoms with Gasteiger partial charge >= 0.3 is 0 Å². The summed E-state index contributed by atoms with van der Waals surface area (Å²) in [6.07, 6.45) is 4.33. The second-order valence-corrected chi connectivity index (χ2v) is 7.11. The van der Waals surface area contributed by atoms with Gasteiger partial charge in [0.25, 0.3) is 0 Å². The standard InChI is InChI=1S/C22H21FN4/c1-14-10-21(27-7-3-4-8-27)15(2)9-16(14)11-17(13-24)22-25-19-6-5-18(23)12-20(19)26-22/h5-6,9-12H,3-4,7-8H2,1-2H3,(H,25,26)/b17-11-. The Morgan fingerprint density at radius 1 is 1.19 bits per heavy atom. The first kappa shape index (κ1) is 17.3. The zero-order chi connectivity index (χ0) is 19.0. The van der Waals surface area contributed by atoms with Crippen LogP contribution in [0.4, 0.5) is 10.1 Å². The Hall–Kier alpha value is -3.13. The lowest BCUT2D eigenvalue weighted by atomic mass is 10.0. The predicted molar refractivity (Wildman–Crippen MR) is 107 cm³/mol. The van der Waals surface area contributed by atoms with Gasteiger partial charge in [0.2, 0.25) is 0 Å². The van der Waals surface area contributed by atoms with Gasteiger partial charge in [-0.05, 0) is 79.8 Å². The molecule has 3 aromatic rings. The molecule has 1 fully saturated rings. The molecule has 1 N–H and O–H groups in total. The van der Waals surface area contributed by atoms with E-state index in [2.05, 4.69) is 46.9 Å². The molecule has 4 nitrogen and oxygen atoms in total. The number of benzene rings is 2. The summed E-state index contributed by atoms with van der Waals surface area (Å²) in [5.41, 5.74) is 6.27. The summed E-state index contributed by atoms with van der Waals surface area (Å²) in [7, 11) is 0. The molecule has 4 rings (SSSR count). The van der Waals surface area contributed by atoms with E-state index in [1.807, 2.05) is 6.08 Å². The van der Waals surface area contributed by atoms with E-state index in [9.17, 15) is 9.65 Å². The van der Waals surface area contributed by atoms with Crippen LogP contribution in [-0.4, -0.2) is 23.1 Å². The molecule has 2 heterocycles. The molecule has 27 heavy (non-hydrogen) atoms. The van der Waals surface area contributed by atoms with Crippen molar-refractivity contribution < 1.29 is 4.39 Å². The van der Waals surface area contributed by atoms with Crippen LogP contribution in [0.3, 0.4) is 0 Å². The highest BCUT2D eigenvalue weighted by Gasteiger charge is 2.16. The number of nitriles is 1. The smallest absolute Gasteiger partial charge is 0.149 e. The molecule has 1 saturated heterocycles. The molecule has 0 atom stereocenters. The van der Waals surface area contributed by atoms with E-state index in [1.54, 1.807) is 6.07 Å². The average molecular weight is 360 g/mol. The van der Waals surface area contributed by atoms with Crippen molar-refractivity contribution >= 4 is 28.4 Å². The van der Waals surface area contributed by atoms with Crippen molar-refractivity contribution in [3.63, 3.8) is 0 Å². The summed E-state index contributed by atoms with van der Waals surface area (Å²) >= 11 is 0. The summed E-state index contributed by atoms with van der Waals surface area (Å²) < 4.78 is 13.4. The van der Waals surface area contributed by atoms with Gasteiger partial charge in [0.15, 0.2) is 0 Å². The van der Waals surface area contributed by atoms with E-state index in [0.717, 1.165) is 24.2 Å². The number of hydrogen-bond acceptors (Lipinski definition) is 3. The lowest BCUT2D eigenvalue weighted by Crippen LogP contribution is -2.18. The number of imidazole rings is 1. The third kappa shape index (κ3) is 3.31. The fraction of sp³-hybridized carbons (Fsp3) is 0.273. The van der Waals surface area contributed by atoms with Gasteiger partial charge in [0.05, 0.1) is 16.6 Å². The van der Waals surface area contributed by atoms with E-state index in [-0.39, 0.29) is 5.82 Å². The second kappa shape index (κ2) is 6.88. The van der Waals surface area contributed by atoms with E-state index >= 15 is 0 Å². The number of aromatic nitrogens is 2. The Balaban J connectivity index is 1.73. The van der Waals surface area contributed by atoms with Crippen molar-refractivity contribution in [2.45, 2.75) is 26.7 Å². The number of anilines is 1. The minimum absolute atomic E-state index is 0.329. The van der Waals surface area contributed by atoms with Crippen LogP contribution in [0.1, 0.15) is 35.4 Å². The summed E-state index contributed by atoms with van der Waals surface area (Å²) in [5.74, 6) is 0.128. The van der Waals surface area contributed by atoms with Gasteiger partial charge in [-0.2, -0.15) is 5.26 Å². The van der Waals surface area contributed by atoms with Crippen LogP contribution in [0.15, 0.2) is 30.3 Å². The summed E-state index contributed by atoms with van der Waals surface area (Å²) in [6, 6.07) is 10.9. The predicted octanol–water partition coefficient (Wildman–Crippen LogP) is 4.98. The number of hydrogen-bond donors (Lipinski definition) is 1. The number of aromatic amines is 1. The number of halogens is 1. The lowest BCUT2D eigenvalue weighted by Gasteiger charge is -2.21. The Kier molecular flexibility index (Phi) is 4.41. The first-order valence-electron chi connectivity index (χ1n) is 9.19. The van der Waals surface area contributed by atoms with Crippen LogP contribution in [0.2, 0.25) is 0 Å². The largest absolute Gasteiger partial charge is 0.371 e. The Morgan fingerprint density at radius 2 is 1.96 bits per heavy atom. The number of aryl methyl sites for hydroxylation is 2. The third-order valence-electron chi connectivity index (χ3n) is 5.15. The molecular formula is C22H21FN4. The molecule has 0 amide bonds. The first-order valence-corrected chi connectivity index (χ1v) is 9.19. The van der Waals surface area contributed by atoms with Crippen molar-refractivity contribution in [3.05, 3.63) is 58.7 Å². The van der Waals surface area contributed by atoms with Crippen LogP contribution >= 0.6 is 0 Å². The molecule has 2 aromatic carbocycles. The molecule has 0 radical (unpaired) electrons. The quantitative estimate of drug-likeness (QED) is 0.670. The fourth-order valence-electron chi connectivity index (χ4n) is 3.70. The van der Waals surface area contributed by atoms with E-state index in [0.29, 0.717) is 22.4 Å². The highest BCUT2D eigenvalue weighted by molar-refractivity contribution is 5.91. The number of nitrogens with one attached hydrogen (secondary N) is 1. The molecule has 1 aliphatic rings. The van der Waals surface area contributed by atoms with Crippen LogP contribution in [0, 0.1) is 31.0 Å². The first-order chi connectivity index (χ1) is 13.0. The van der Waals surface area contributed by atoms with Crippen molar-refractivity contribution in [1.29, 1.82) is 5.26 Å². The van der Waals surface area contributed by atoms with Gasteiger partial charge in [-0.25, -0.2) is 9.37 Å². The zero-order valence-corrected chi connectivity index (χ0v) is 15.5. The van der Waals surface area contributed by atoms with Crippen LogP contribution in [0.25, 0.3) is 22.7 Å². The van der Waals surface area contributed by atoms with Crippen molar-refractivity contribution in [1.82, 2.24) is 9.97 Å². The Morgan fingerprint density at radius 3 is 2.70 bits per heavy atom. The molecule has 0 saturated carbocycles. The summed E-state index contributed by atoms with van der Waals surface area (Å²) in [6.45, 7) is 6.39. The van der Waals surface area contributed by atoms with Gasteiger partial charge in [-0.1, -0.05) is 0 Å². The number of nitrogens with zero attached hydrogens (tertiary/aromatic N) is 3. The maximum atomic E-state index is 13.4. The number of allylic oxidation sites excluding steroid dienone is 1. The fourth-order valence-corrected chi connectivity index (χ4v) is 3.70. The van der Waals surface area contributed by atoms with E-state index in [1.165, 1.54) is 36.2 Å². The van der Waals surface area contributed by atoms with E-state index < -0.39 is 0 Å². The lowest BCUT2D eigenvalue weighted by molar-refractivity contribution is 0.629. The van der Waals surface area contributed by atoms with Gasteiger partial charge in [0.1, 0.15) is 17.7 Å². The number of rotatable bonds is 3. The highest BCUT2D eigenvalue weighted by Crippen LogP contribution is 2.29. The maximum absolute atomic E-state index is 13.4. The van der Waals surface area contributed by atoms with Crippen LogP contribution in [0.5, 0.6) is 0 Å². The van der Waals surface area contributed by atoms with Gasteiger partial charge in [-0.3, -0.25) is 0 Å². The monoisotopic (exact) mass is 360 g/mol. The molecule has 1 aliphatic heterocycles. The SMILES string of the molecule is Cc1cc(N2CCCC2)c(C)cc1/C=C(/C#N)c1nc2ccc(F)cc2[nH]1. The molecule has 136 valence electrons. The highest BCUT2D eigenvalue weighted by atomic mass is 19.1. The van der Waals surface area contributed by atoms with Crippen LogP contribution < -0.4 is 4.90 Å². The minimum atomic E-state index is -0.329. The molecule has 0 spiro atoms. The van der Waals surface area contributed by atoms with Crippen molar-refractivity contribution in [2.24, 2.45) is 0 Å². The average Bonchev–Trinajstić information content (AvgIpc) is 3.31. The van der Waals surface area contributed by atoms with Crippen molar-refractivity contribution in [3.8, 4) is 6.07 Å². The van der Waals surface area contributed by atoms with Crippen molar-refractivity contribution in [2.75, 3.05) is 18.0 Å². The topological polar surface area (TPSA) is 55.7 Å². The Labute approximate surface area is 158 Å². The molecule has 5 heteroatoms. The number of fused-ring (bicyclic) bond motifs is 1. The van der Waals surface area contributed by atoms with Crippen LogP contribution in [-0.2, 0) is 0 Å². The molecule has 0 bridgehead atoms. The normalized spacial score (nSPS) is 14.7. The summed E-state index contributed by atoms with van der Waals surface area (Å²) in [5, 5.41) is 9.65. The molecule has 1 aromatic heterocycles. The van der Waals surface area contributed by atoms with E-state index in [4.69, 9.17) is 0 Å². The molecule has 0 aliphatic carbocycles. The third-order valence-corrected chi connectivity index (χ3v) is 5.15. The minimum Gasteiger partial charge on any atom is -0.371 e. The zero-order valence-electron chi connectivity index (χ0n) is 15.5. The Bertz CT molecular complexity index is 1080. The molecular weight excluding hydrogens is 339 g/mol. The number of H-pyrrole nitrogens is 1. The maximum Gasteiger partial charge on any atom is 0.149 e. The van der Waals surface area contributed by atoms with Gasteiger partial charge in [-0.15, -0.1) is 0 Å². The van der Waals surface area contributed by atoms with Gasteiger partial charge < -0.3 is 9.88 Å². The second-order valence-electron chi connectivity index (χ2n) is 7.11. The summed E-state index contributed by atoms with van der Waals surface area (Å²) in [4.78, 5) is 9.91. The molecule has 0 unspecified atom stereocenters.